The smallest absolute Gasteiger partial charge is 0.410 e. The second kappa shape index (κ2) is 5.87. The van der Waals surface area contributed by atoms with E-state index in [0.29, 0.717) is 19.4 Å². The van der Waals surface area contributed by atoms with E-state index in [4.69, 9.17) is 4.74 Å². The predicted molar refractivity (Wildman–Crippen MR) is 84.4 cm³/mol. The average molecular weight is 343 g/mol. The summed E-state index contributed by atoms with van der Waals surface area (Å²) in [5, 5.41) is 20.7. The molecule has 0 aromatic rings. The van der Waals surface area contributed by atoms with Gasteiger partial charge in [0.15, 0.2) is 0 Å². The zero-order valence-corrected chi connectivity index (χ0v) is 14.6. The number of aliphatic carboxylic acids is 1. The number of carboxylic acids is 1. The number of carboxylic acid groups (broad SMARTS) is 1. The van der Waals surface area contributed by atoms with E-state index >= 15 is 0 Å². The van der Waals surface area contributed by atoms with Crippen molar-refractivity contribution in [3.05, 3.63) is 10.1 Å². The number of rotatable bonds is 4. The molecule has 2 aliphatic rings. The third-order valence-electron chi connectivity index (χ3n) is 4.72. The molecule has 2 rings (SSSR count). The number of likely N-dealkylation sites (tertiary alicyclic amines) is 2. The quantitative estimate of drug-likeness (QED) is 0.602. The lowest BCUT2D eigenvalue weighted by molar-refractivity contribution is -0.500. The van der Waals surface area contributed by atoms with Gasteiger partial charge in [0.2, 0.25) is 6.54 Å². The largest absolute Gasteiger partial charge is 0.480 e. The van der Waals surface area contributed by atoms with Gasteiger partial charge >= 0.3 is 12.1 Å². The van der Waals surface area contributed by atoms with Crippen LogP contribution in [0, 0.1) is 10.1 Å². The molecule has 1 atom stereocenters. The number of nitrogens with zero attached hydrogens (tertiary/aromatic N) is 3. The second-order valence-corrected chi connectivity index (χ2v) is 7.89. The molecule has 0 unspecified atom stereocenters. The maximum atomic E-state index is 12.1. The molecule has 0 radical (unpaired) electrons. The minimum atomic E-state index is -1.14. The van der Waals surface area contributed by atoms with Crippen molar-refractivity contribution >= 4 is 12.1 Å². The molecule has 136 valence electrons. The van der Waals surface area contributed by atoms with Crippen molar-refractivity contribution in [2.24, 2.45) is 0 Å². The summed E-state index contributed by atoms with van der Waals surface area (Å²) in [6.07, 6.45) is 0.570. The molecule has 2 saturated heterocycles. The van der Waals surface area contributed by atoms with Gasteiger partial charge in [-0.3, -0.25) is 19.8 Å². The van der Waals surface area contributed by atoms with Gasteiger partial charge < -0.3 is 14.7 Å². The summed E-state index contributed by atoms with van der Waals surface area (Å²) >= 11 is 0. The SMILES string of the molecule is CC(C)(C)OC(=O)N1CC(C[N+](=O)[O-])(N2CCC[C@]2(C)C(=O)O)C1. The molecule has 2 fully saturated rings. The van der Waals surface area contributed by atoms with Gasteiger partial charge in [0.05, 0.1) is 13.1 Å². The molecular weight excluding hydrogens is 318 g/mol. The first-order chi connectivity index (χ1) is 10.9. The van der Waals surface area contributed by atoms with Crippen molar-refractivity contribution in [2.75, 3.05) is 26.2 Å². The Kier molecular flexibility index (Phi) is 4.51. The Morgan fingerprint density at radius 1 is 1.33 bits per heavy atom. The molecule has 0 aromatic carbocycles. The lowest BCUT2D eigenvalue weighted by Gasteiger charge is -2.55. The predicted octanol–water partition coefficient (Wildman–Crippen LogP) is 1.19. The van der Waals surface area contributed by atoms with Crippen LogP contribution in [0.5, 0.6) is 0 Å². The zero-order valence-electron chi connectivity index (χ0n) is 14.6. The molecule has 0 bridgehead atoms. The van der Waals surface area contributed by atoms with Crippen LogP contribution in [0.25, 0.3) is 0 Å². The number of hydrogen-bond acceptors (Lipinski definition) is 6. The number of ether oxygens (including phenoxy) is 1. The Bertz CT molecular complexity index is 552. The summed E-state index contributed by atoms with van der Waals surface area (Å²) < 4.78 is 5.28. The van der Waals surface area contributed by atoms with Crippen LogP contribution in [-0.4, -0.2) is 74.8 Å². The Hall–Kier alpha value is -1.90. The van der Waals surface area contributed by atoms with Gasteiger partial charge in [-0.25, -0.2) is 4.79 Å². The van der Waals surface area contributed by atoms with Crippen molar-refractivity contribution in [1.82, 2.24) is 9.80 Å². The fraction of sp³-hybridized carbons (Fsp3) is 0.867. The van der Waals surface area contributed by atoms with Crippen LogP contribution in [0.1, 0.15) is 40.5 Å². The van der Waals surface area contributed by atoms with Crippen LogP contribution in [-0.2, 0) is 9.53 Å². The van der Waals surface area contributed by atoms with E-state index < -0.39 is 40.2 Å². The Morgan fingerprint density at radius 3 is 2.38 bits per heavy atom. The second-order valence-electron chi connectivity index (χ2n) is 7.89. The highest BCUT2D eigenvalue weighted by Crippen LogP contribution is 2.41. The first-order valence-corrected chi connectivity index (χ1v) is 8.01. The van der Waals surface area contributed by atoms with Gasteiger partial charge in [-0.15, -0.1) is 0 Å². The van der Waals surface area contributed by atoms with E-state index in [1.54, 1.807) is 32.6 Å². The number of amides is 1. The van der Waals surface area contributed by atoms with Crippen LogP contribution < -0.4 is 0 Å². The number of carbonyl (C=O) groups excluding carboxylic acids is 1. The minimum absolute atomic E-state index is 0.103. The molecular formula is C15H25N3O6. The molecule has 9 nitrogen and oxygen atoms in total. The number of hydrogen-bond donors (Lipinski definition) is 1. The standard InChI is InChI=1S/C15H25N3O6/c1-13(2,3)24-12(21)16-8-15(9-16,10-18(22)23)17-7-5-6-14(17,4)11(19)20/h5-10H2,1-4H3,(H,19,20)/t14-/m1/s1. The monoisotopic (exact) mass is 343 g/mol. The molecule has 2 heterocycles. The van der Waals surface area contributed by atoms with Crippen LogP contribution in [0.15, 0.2) is 0 Å². The van der Waals surface area contributed by atoms with Crippen LogP contribution in [0.2, 0.25) is 0 Å². The summed E-state index contributed by atoms with van der Waals surface area (Å²) in [7, 11) is 0. The molecule has 24 heavy (non-hydrogen) atoms. The highest BCUT2D eigenvalue weighted by molar-refractivity contribution is 5.79. The Labute approximate surface area is 140 Å². The van der Waals surface area contributed by atoms with E-state index in [-0.39, 0.29) is 13.1 Å². The highest BCUT2D eigenvalue weighted by Gasteiger charge is 2.61. The maximum absolute atomic E-state index is 12.1. The summed E-state index contributed by atoms with van der Waals surface area (Å²) in [6.45, 7) is 7.12. The summed E-state index contributed by atoms with van der Waals surface area (Å²) in [5.74, 6) is -0.988. The lowest BCUT2D eigenvalue weighted by atomic mass is 9.84. The topological polar surface area (TPSA) is 113 Å². The summed E-state index contributed by atoms with van der Waals surface area (Å²) in [5.41, 5.74) is -2.75. The molecule has 0 aliphatic carbocycles. The summed E-state index contributed by atoms with van der Waals surface area (Å²) in [6, 6.07) is 0. The molecule has 1 N–H and O–H groups in total. The summed E-state index contributed by atoms with van der Waals surface area (Å²) in [4.78, 5) is 37.6. The molecule has 0 aromatic heterocycles. The van der Waals surface area contributed by atoms with Gasteiger partial charge in [-0.2, -0.15) is 0 Å². The third-order valence-corrected chi connectivity index (χ3v) is 4.72. The first kappa shape index (κ1) is 18.4. The van der Waals surface area contributed by atoms with E-state index in [2.05, 4.69) is 0 Å². The highest BCUT2D eigenvalue weighted by atomic mass is 16.6. The number of carbonyl (C=O) groups is 2. The van der Waals surface area contributed by atoms with Crippen molar-refractivity contribution < 1.29 is 24.4 Å². The number of nitro groups is 1. The van der Waals surface area contributed by atoms with Gasteiger partial charge in [0.1, 0.15) is 16.7 Å². The maximum Gasteiger partial charge on any atom is 0.410 e. The minimum Gasteiger partial charge on any atom is -0.480 e. The van der Waals surface area contributed by atoms with Crippen molar-refractivity contribution in [2.45, 2.75) is 57.2 Å². The molecule has 0 spiro atoms. The van der Waals surface area contributed by atoms with Gasteiger partial charge in [0, 0.05) is 11.5 Å². The fourth-order valence-corrected chi connectivity index (χ4v) is 3.66. The molecule has 1 amide bonds. The van der Waals surface area contributed by atoms with E-state index in [0.717, 1.165) is 0 Å². The normalized spacial score (nSPS) is 26.8. The average Bonchev–Trinajstić information content (AvgIpc) is 2.74. The van der Waals surface area contributed by atoms with Crippen LogP contribution in [0.3, 0.4) is 0 Å². The lowest BCUT2D eigenvalue weighted by Crippen LogP contribution is -2.77. The van der Waals surface area contributed by atoms with E-state index in [9.17, 15) is 24.8 Å². The van der Waals surface area contributed by atoms with Gasteiger partial charge in [-0.05, 0) is 40.5 Å². The van der Waals surface area contributed by atoms with Crippen molar-refractivity contribution in [3.63, 3.8) is 0 Å². The van der Waals surface area contributed by atoms with E-state index in [1.807, 2.05) is 0 Å². The fourth-order valence-electron chi connectivity index (χ4n) is 3.66. The van der Waals surface area contributed by atoms with Crippen molar-refractivity contribution in [3.8, 4) is 0 Å². The van der Waals surface area contributed by atoms with Gasteiger partial charge in [0.25, 0.3) is 0 Å². The van der Waals surface area contributed by atoms with Crippen LogP contribution in [0.4, 0.5) is 4.79 Å². The van der Waals surface area contributed by atoms with Gasteiger partial charge in [-0.1, -0.05) is 0 Å². The Balaban J connectivity index is 2.18. The van der Waals surface area contributed by atoms with Crippen LogP contribution >= 0.6 is 0 Å². The van der Waals surface area contributed by atoms with Crippen molar-refractivity contribution in [1.29, 1.82) is 0 Å². The van der Waals surface area contributed by atoms with E-state index in [1.165, 1.54) is 4.90 Å². The molecule has 2 aliphatic heterocycles. The zero-order chi connectivity index (χ0) is 18.3. The molecule has 9 heteroatoms. The molecule has 0 saturated carbocycles. The third kappa shape index (κ3) is 3.31. The Morgan fingerprint density at radius 2 is 1.92 bits per heavy atom. The first-order valence-electron chi connectivity index (χ1n) is 8.01.